The molecule has 150 valence electrons. The Morgan fingerprint density at radius 3 is 2.41 bits per heavy atom. The van der Waals surface area contributed by atoms with Crippen LogP contribution in [0.4, 0.5) is 0 Å². The average molecular weight is 395 g/mol. The summed E-state index contributed by atoms with van der Waals surface area (Å²) in [4.78, 5) is 25.7. The minimum atomic E-state index is -1.53. The molecule has 2 atom stereocenters. The number of aromatic hydroxyl groups is 2. The predicted molar refractivity (Wildman–Crippen MR) is 104 cm³/mol. The molecule has 0 aromatic heterocycles. The van der Waals surface area contributed by atoms with Gasteiger partial charge in [-0.2, -0.15) is 0 Å². The lowest BCUT2D eigenvalue weighted by Crippen LogP contribution is -2.46. The Kier molecular flexibility index (Phi) is 4.44. The van der Waals surface area contributed by atoms with Crippen molar-refractivity contribution in [1.29, 1.82) is 0 Å². The first kappa shape index (κ1) is 19.2. The van der Waals surface area contributed by atoms with Gasteiger partial charge in [-0.3, -0.25) is 9.59 Å². The second-order valence-corrected chi connectivity index (χ2v) is 7.75. The van der Waals surface area contributed by atoms with Crippen molar-refractivity contribution in [2.24, 2.45) is 0 Å². The number of carbonyl (C=O) groups is 2. The van der Waals surface area contributed by atoms with Crippen LogP contribution in [0, 0.1) is 0 Å². The predicted octanol–water partition coefficient (Wildman–Crippen LogP) is 1.36. The largest absolute Gasteiger partial charge is 0.507 e. The number of phenols is 2. The Labute approximate surface area is 166 Å². The molecule has 0 saturated carbocycles. The molecule has 0 aliphatic heterocycles. The monoisotopic (exact) mass is 395 g/mol. The molecule has 0 amide bonds. The summed E-state index contributed by atoms with van der Waals surface area (Å²) in [5.74, 6) is -2.10. The number of hydrogen-bond acceptors (Lipinski definition) is 7. The number of rotatable bonds is 3. The van der Waals surface area contributed by atoms with Crippen LogP contribution in [0.25, 0.3) is 0 Å². The van der Waals surface area contributed by atoms with Gasteiger partial charge in [-0.05, 0) is 12.5 Å². The first-order chi connectivity index (χ1) is 13.7. The molecule has 0 saturated heterocycles. The number of nitrogens with one attached hydrogen (secondary N) is 1. The van der Waals surface area contributed by atoms with E-state index < -0.39 is 34.8 Å². The maximum atomic E-state index is 13.0. The van der Waals surface area contributed by atoms with Crippen LogP contribution in [0.3, 0.4) is 0 Å². The molecule has 29 heavy (non-hydrogen) atoms. The van der Waals surface area contributed by atoms with Crippen LogP contribution in [0.2, 0.25) is 0 Å². The van der Waals surface area contributed by atoms with Gasteiger partial charge in [-0.1, -0.05) is 30.3 Å². The van der Waals surface area contributed by atoms with Crippen LogP contribution < -0.4 is 5.32 Å². The molecular formula is C22H21NO6. The molecule has 7 heteroatoms. The number of ketones is 2. The number of carbonyl (C=O) groups excluding carboxylic acids is 2. The number of hydrogen-bond donors (Lipinski definition) is 5. The van der Waals surface area contributed by atoms with Crippen LogP contribution in [0.1, 0.15) is 44.3 Å². The molecule has 0 heterocycles. The first-order valence-electron chi connectivity index (χ1n) is 9.29. The fraction of sp³-hybridized carbons (Fsp3) is 0.273. The SMILES string of the molecule is C[C@]1(O)Cc2c(O)c3c(c(O)c2C[C@H]1O)C(=O)C=C(NCc1ccccc1)C3=O. The van der Waals surface area contributed by atoms with Crippen molar-refractivity contribution in [3.8, 4) is 11.5 Å². The lowest BCUT2D eigenvalue weighted by molar-refractivity contribution is -0.0668. The van der Waals surface area contributed by atoms with E-state index in [1.807, 2.05) is 30.3 Å². The molecule has 2 aromatic carbocycles. The summed E-state index contributed by atoms with van der Waals surface area (Å²) in [6.07, 6.45) is -0.367. The summed E-state index contributed by atoms with van der Waals surface area (Å²) in [6, 6.07) is 9.30. The number of aliphatic hydroxyl groups is 2. The van der Waals surface area contributed by atoms with Gasteiger partial charge in [0.2, 0.25) is 5.78 Å². The fourth-order valence-electron chi connectivity index (χ4n) is 3.91. The van der Waals surface area contributed by atoms with E-state index in [0.29, 0.717) is 6.54 Å². The van der Waals surface area contributed by atoms with Crippen molar-refractivity contribution in [2.45, 2.75) is 38.0 Å². The zero-order valence-electron chi connectivity index (χ0n) is 15.8. The van der Waals surface area contributed by atoms with Gasteiger partial charge < -0.3 is 25.7 Å². The third kappa shape index (κ3) is 3.08. The van der Waals surface area contributed by atoms with E-state index in [4.69, 9.17) is 0 Å². The van der Waals surface area contributed by atoms with Gasteiger partial charge >= 0.3 is 0 Å². The van der Waals surface area contributed by atoms with Gasteiger partial charge in [-0.15, -0.1) is 0 Å². The quantitative estimate of drug-likeness (QED) is 0.497. The number of aliphatic hydroxyl groups excluding tert-OH is 1. The summed E-state index contributed by atoms with van der Waals surface area (Å²) >= 11 is 0. The van der Waals surface area contributed by atoms with E-state index >= 15 is 0 Å². The topological polar surface area (TPSA) is 127 Å². The Bertz CT molecular complexity index is 1050. The lowest BCUT2D eigenvalue weighted by Gasteiger charge is -2.36. The van der Waals surface area contributed by atoms with Gasteiger partial charge in [0.15, 0.2) is 5.78 Å². The molecule has 4 rings (SSSR count). The van der Waals surface area contributed by atoms with Crippen molar-refractivity contribution in [1.82, 2.24) is 5.32 Å². The molecule has 7 nitrogen and oxygen atoms in total. The molecule has 5 N–H and O–H groups in total. The maximum Gasteiger partial charge on any atom is 0.213 e. The number of fused-ring (bicyclic) bond motifs is 2. The Balaban J connectivity index is 1.75. The molecule has 0 radical (unpaired) electrons. The van der Waals surface area contributed by atoms with Gasteiger partial charge in [-0.25, -0.2) is 0 Å². The van der Waals surface area contributed by atoms with E-state index in [0.717, 1.165) is 11.6 Å². The minimum absolute atomic E-state index is 0.0172. The molecule has 0 unspecified atom stereocenters. The van der Waals surface area contributed by atoms with Crippen molar-refractivity contribution >= 4 is 11.6 Å². The third-order valence-electron chi connectivity index (χ3n) is 5.63. The molecular weight excluding hydrogens is 374 g/mol. The summed E-state index contributed by atoms with van der Waals surface area (Å²) in [5, 5.41) is 44.8. The van der Waals surface area contributed by atoms with Crippen molar-refractivity contribution in [3.63, 3.8) is 0 Å². The van der Waals surface area contributed by atoms with Gasteiger partial charge in [0, 0.05) is 36.6 Å². The third-order valence-corrected chi connectivity index (χ3v) is 5.63. The summed E-state index contributed by atoms with van der Waals surface area (Å²) in [6.45, 7) is 1.72. The summed E-state index contributed by atoms with van der Waals surface area (Å²) in [5.41, 5.74) is -0.818. The number of Topliss-reactive ketones (excluding diaryl/α,β-unsaturated/α-hetero) is 1. The highest BCUT2D eigenvalue weighted by molar-refractivity contribution is 6.26. The Hall–Kier alpha value is -3.16. The van der Waals surface area contributed by atoms with Crippen molar-refractivity contribution < 1.29 is 30.0 Å². The van der Waals surface area contributed by atoms with Gasteiger partial charge in [0.25, 0.3) is 0 Å². The molecule has 2 aromatic rings. The van der Waals surface area contributed by atoms with E-state index in [1.165, 1.54) is 6.92 Å². The molecule has 0 fully saturated rings. The molecule has 2 aliphatic rings. The first-order valence-corrected chi connectivity index (χ1v) is 9.29. The zero-order chi connectivity index (χ0) is 20.9. The lowest BCUT2D eigenvalue weighted by atomic mass is 9.75. The molecule has 0 bridgehead atoms. The number of benzene rings is 2. The Morgan fingerprint density at radius 1 is 1.07 bits per heavy atom. The smallest absolute Gasteiger partial charge is 0.213 e. The standard InChI is InChI=1S/C22H21NO6/c1-22(29)9-13-12(7-16(22)25)19(26)17-15(24)8-14(21(28)18(17)20(13)27)23-10-11-5-3-2-4-6-11/h2-6,8,16,23,25-27,29H,7,9-10H2,1H3/t16-,22+/m1/s1. The number of allylic oxidation sites excluding steroid dienone is 2. The van der Waals surface area contributed by atoms with Crippen LogP contribution in [0.15, 0.2) is 42.1 Å². The number of phenolic OH excluding ortho intramolecular Hbond substituents is 2. The van der Waals surface area contributed by atoms with Crippen LogP contribution in [-0.4, -0.2) is 43.7 Å². The Morgan fingerprint density at radius 2 is 1.72 bits per heavy atom. The fourth-order valence-corrected chi connectivity index (χ4v) is 3.91. The molecule has 2 aliphatic carbocycles. The van der Waals surface area contributed by atoms with Gasteiger partial charge in [0.05, 0.1) is 28.5 Å². The molecule has 0 spiro atoms. The van der Waals surface area contributed by atoms with E-state index in [-0.39, 0.29) is 40.8 Å². The van der Waals surface area contributed by atoms with Crippen molar-refractivity contribution in [3.05, 3.63) is 69.9 Å². The zero-order valence-corrected chi connectivity index (χ0v) is 15.8. The second kappa shape index (κ2) is 6.72. The van der Waals surface area contributed by atoms with E-state index in [1.54, 1.807) is 0 Å². The maximum absolute atomic E-state index is 13.0. The van der Waals surface area contributed by atoms with Crippen molar-refractivity contribution in [2.75, 3.05) is 0 Å². The van der Waals surface area contributed by atoms with Crippen LogP contribution >= 0.6 is 0 Å². The summed E-state index contributed by atoms with van der Waals surface area (Å²) < 4.78 is 0. The van der Waals surface area contributed by atoms with E-state index in [2.05, 4.69) is 5.32 Å². The normalized spacial score (nSPS) is 23.3. The highest BCUT2D eigenvalue weighted by Crippen LogP contribution is 2.45. The summed E-state index contributed by atoms with van der Waals surface area (Å²) in [7, 11) is 0. The highest BCUT2D eigenvalue weighted by Gasteiger charge is 2.43. The second-order valence-electron chi connectivity index (χ2n) is 7.75. The average Bonchev–Trinajstić information content (AvgIpc) is 2.68. The van der Waals surface area contributed by atoms with Gasteiger partial charge in [0.1, 0.15) is 11.5 Å². The van der Waals surface area contributed by atoms with Crippen LogP contribution in [0.5, 0.6) is 11.5 Å². The van der Waals surface area contributed by atoms with E-state index in [9.17, 15) is 30.0 Å². The highest BCUT2D eigenvalue weighted by atomic mass is 16.3. The minimum Gasteiger partial charge on any atom is -0.507 e. The van der Waals surface area contributed by atoms with Crippen LogP contribution in [-0.2, 0) is 19.4 Å².